The lowest BCUT2D eigenvalue weighted by molar-refractivity contribution is 0.130. The van der Waals surface area contributed by atoms with Gasteiger partial charge in [0.05, 0.1) is 6.10 Å². The fraction of sp³-hybridized carbons (Fsp3) is 0.214. The van der Waals surface area contributed by atoms with Gasteiger partial charge >= 0.3 is 6.09 Å². The molecule has 0 atom stereocenters. The molecule has 0 aliphatic rings. The maximum absolute atomic E-state index is 11.2. The van der Waals surface area contributed by atoms with E-state index in [1.54, 1.807) is 38.1 Å². The average molecular weight is 326 g/mol. The van der Waals surface area contributed by atoms with E-state index in [4.69, 9.17) is 16.3 Å². The van der Waals surface area contributed by atoms with E-state index in [1.165, 1.54) is 12.1 Å². The summed E-state index contributed by atoms with van der Waals surface area (Å²) in [7, 11) is 0. The van der Waals surface area contributed by atoms with Gasteiger partial charge in [-0.2, -0.15) is 0 Å². The number of H-pyrrole nitrogens is 2. The molecule has 7 nitrogen and oxygen atoms in total. The summed E-state index contributed by atoms with van der Waals surface area (Å²) in [5.74, 6) is 0. The summed E-state index contributed by atoms with van der Waals surface area (Å²) in [6.45, 7) is 3.58. The topological polar surface area (TPSA) is 104 Å². The normalized spacial score (nSPS) is 9.64. The molecular formula is C14H16ClN3O4. The van der Waals surface area contributed by atoms with Gasteiger partial charge in [0, 0.05) is 22.8 Å². The van der Waals surface area contributed by atoms with Crippen LogP contribution < -0.4 is 16.4 Å². The molecule has 118 valence electrons. The lowest BCUT2D eigenvalue weighted by Gasteiger charge is -2.09. The van der Waals surface area contributed by atoms with E-state index in [-0.39, 0.29) is 17.2 Å². The Labute approximate surface area is 131 Å². The zero-order valence-corrected chi connectivity index (χ0v) is 12.8. The number of rotatable bonds is 2. The zero-order chi connectivity index (χ0) is 16.5. The quantitative estimate of drug-likeness (QED) is 0.788. The van der Waals surface area contributed by atoms with Gasteiger partial charge in [-0.3, -0.25) is 25.1 Å². The standard InChI is InChI=1S/C10H12ClNO2.C4H4N2O2/c1-7(2)14-10(13)12-9-5-3-4-8(11)6-9;7-3-1-2-4(8)6-5-3/h3-7H,1-2H3,(H,12,13);1-2H,(H,5,7)(H,6,8). The number of aromatic amines is 2. The van der Waals surface area contributed by atoms with Gasteiger partial charge in [-0.15, -0.1) is 0 Å². The zero-order valence-electron chi connectivity index (χ0n) is 12.1. The van der Waals surface area contributed by atoms with Crippen LogP contribution in [0.5, 0.6) is 0 Å². The van der Waals surface area contributed by atoms with Crippen LogP contribution in [0.1, 0.15) is 13.8 Å². The van der Waals surface area contributed by atoms with Crippen molar-refractivity contribution in [1.82, 2.24) is 10.2 Å². The molecule has 0 radical (unpaired) electrons. The second-order valence-corrected chi connectivity index (χ2v) is 4.84. The highest BCUT2D eigenvalue weighted by atomic mass is 35.5. The third kappa shape index (κ3) is 7.30. The molecule has 1 heterocycles. The first kappa shape index (κ1) is 17.5. The van der Waals surface area contributed by atoms with Gasteiger partial charge in [0.25, 0.3) is 11.1 Å². The number of carbonyl (C=O) groups excluding carboxylic acids is 1. The highest BCUT2D eigenvalue weighted by Crippen LogP contribution is 2.15. The van der Waals surface area contributed by atoms with Gasteiger partial charge in [-0.1, -0.05) is 17.7 Å². The SMILES string of the molecule is CC(C)OC(=O)Nc1cccc(Cl)c1.O=c1ccc(=O)[nH][nH]1. The van der Waals surface area contributed by atoms with Crippen molar-refractivity contribution in [3.8, 4) is 0 Å². The van der Waals surface area contributed by atoms with Crippen LogP contribution in [0, 0.1) is 0 Å². The van der Waals surface area contributed by atoms with Crippen molar-refractivity contribution in [3.05, 3.63) is 62.1 Å². The van der Waals surface area contributed by atoms with Crippen LogP contribution in [0.15, 0.2) is 46.0 Å². The van der Waals surface area contributed by atoms with Crippen LogP contribution in [0.3, 0.4) is 0 Å². The van der Waals surface area contributed by atoms with E-state index in [9.17, 15) is 14.4 Å². The number of amides is 1. The lowest BCUT2D eigenvalue weighted by Crippen LogP contribution is -2.17. The Morgan fingerprint density at radius 3 is 2.18 bits per heavy atom. The minimum atomic E-state index is -0.470. The molecule has 2 rings (SSSR count). The van der Waals surface area contributed by atoms with Crippen molar-refractivity contribution >= 4 is 23.4 Å². The Kier molecular flexibility index (Phi) is 6.91. The summed E-state index contributed by atoms with van der Waals surface area (Å²) in [6, 6.07) is 9.22. The van der Waals surface area contributed by atoms with Crippen LogP contribution in [0.25, 0.3) is 0 Å². The minimum Gasteiger partial charge on any atom is -0.447 e. The van der Waals surface area contributed by atoms with Crippen molar-refractivity contribution in [1.29, 1.82) is 0 Å². The molecule has 1 aromatic carbocycles. The predicted octanol–water partition coefficient (Wildman–Crippen LogP) is 2.36. The fourth-order valence-electron chi connectivity index (χ4n) is 1.29. The van der Waals surface area contributed by atoms with Crippen LogP contribution in [0.2, 0.25) is 5.02 Å². The molecular weight excluding hydrogens is 310 g/mol. The molecule has 0 spiro atoms. The van der Waals surface area contributed by atoms with Crippen molar-refractivity contribution < 1.29 is 9.53 Å². The van der Waals surface area contributed by atoms with Crippen molar-refractivity contribution in [2.24, 2.45) is 0 Å². The monoisotopic (exact) mass is 325 g/mol. The molecule has 0 aliphatic heterocycles. The molecule has 2 aromatic rings. The van der Waals surface area contributed by atoms with Gasteiger partial charge < -0.3 is 4.74 Å². The maximum Gasteiger partial charge on any atom is 0.411 e. The van der Waals surface area contributed by atoms with Crippen molar-refractivity contribution in [2.45, 2.75) is 20.0 Å². The number of carbonyl (C=O) groups is 1. The smallest absolute Gasteiger partial charge is 0.411 e. The molecule has 22 heavy (non-hydrogen) atoms. The third-order valence-corrected chi connectivity index (χ3v) is 2.34. The van der Waals surface area contributed by atoms with Gasteiger partial charge in [0.2, 0.25) is 0 Å². The highest BCUT2D eigenvalue weighted by Gasteiger charge is 2.04. The van der Waals surface area contributed by atoms with Gasteiger partial charge in [-0.05, 0) is 32.0 Å². The summed E-state index contributed by atoms with van der Waals surface area (Å²) in [4.78, 5) is 31.5. The van der Waals surface area contributed by atoms with E-state index in [0.717, 1.165) is 0 Å². The Balaban J connectivity index is 0.000000255. The van der Waals surface area contributed by atoms with Crippen LogP contribution >= 0.6 is 11.6 Å². The molecule has 0 unspecified atom stereocenters. The Morgan fingerprint density at radius 2 is 1.73 bits per heavy atom. The van der Waals surface area contributed by atoms with Crippen LogP contribution in [-0.2, 0) is 4.74 Å². The second-order valence-electron chi connectivity index (χ2n) is 4.40. The second kappa shape index (κ2) is 8.68. The summed E-state index contributed by atoms with van der Waals surface area (Å²) in [5.41, 5.74) is 0.0253. The number of aromatic nitrogens is 2. The van der Waals surface area contributed by atoms with Gasteiger partial charge in [-0.25, -0.2) is 4.79 Å². The van der Waals surface area contributed by atoms with Crippen molar-refractivity contribution in [3.63, 3.8) is 0 Å². The van der Waals surface area contributed by atoms with E-state index in [1.807, 2.05) is 0 Å². The maximum atomic E-state index is 11.2. The Bertz CT molecular complexity index is 672. The van der Waals surface area contributed by atoms with E-state index in [0.29, 0.717) is 10.7 Å². The molecule has 0 fully saturated rings. The van der Waals surface area contributed by atoms with E-state index >= 15 is 0 Å². The Morgan fingerprint density at radius 1 is 1.14 bits per heavy atom. The van der Waals surface area contributed by atoms with E-state index in [2.05, 4.69) is 15.5 Å². The first-order valence-corrected chi connectivity index (χ1v) is 6.76. The lowest BCUT2D eigenvalue weighted by atomic mass is 10.3. The summed E-state index contributed by atoms with van der Waals surface area (Å²) >= 11 is 5.74. The molecule has 1 aromatic heterocycles. The molecule has 0 saturated carbocycles. The largest absolute Gasteiger partial charge is 0.447 e. The van der Waals surface area contributed by atoms with Gasteiger partial charge in [0.1, 0.15) is 0 Å². The number of halogens is 1. The number of benzene rings is 1. The molecule has 1 amide bonds. The average Bonchev–Trinajstić information content (AvgIpc) is 2.42. The fourth-order valence-corrected chi connectivity index (χ4v) is 1.48. The first-order valence-electron chi connectivity index (χ1n) is 6.38. The molecule has 0 bridgehead atoms. The van der Waals surface area contributed by atoms with Gasteiger partial charge in [0.15, 0.2) is 0 Å². The third-order valence-electron chi connectivity index (χ3n) is 2.11. The highest BCUT2D eigenvalue weighted by molar-refractivity contribution is 6.30. The van der Waals surface area contributed by atoms with Crippen LogP contribution in [0.4, 0.5) is 10.5 Å². The first-order chi connectivity index (χ1) is 10.4. The van der Waals surface area contributed by atoms with Crippen molar-refractivity contribution in [2.75, 3.05) is 5.32 Å². The van der Waals surface area contributed by atoms with Crippen LogP contribution in [-0.4, -0.2) is 22.4 Å². The predicted molar refractivity (Wildman–Crippen MR) is 84.4 cm³/mol. The number of anilines is 1. The molecule has 0 saturated heterocycles. The summed E-state index contributed by atoms with van der Waals surface area (Å²) < 4.78 is 4.90. The number of ether oxygens (including phenoxy) is 1. The minimum absolute atomic E-state index is 0.130. The number of hydrogen-bond donors (Lipinski definition) is 3. The van der Waals surface area contributed by atoms with E-state index < -0.39 is 6.09 Å². The number of hydrogen-bond acceptors (Lipinski definition) is 4. The molecule has 3 N–H and O–H groups in total. The molecule has 8 heteroatoms. The number of nitrogens with one attached hydrogen (secondary N) is 3. The summed E-state index contributed by atoms with van der Waals surface area (Å²) in [5, 5.41) is 7.36. The summed E-state index contributed by atoms with van der Waals surface area (Å²) in [6.07, 6.45) is -0.601. The molecule has 0 aliphatic carbocycles. The Hall–Kier alpha value is -2.54.